The molecule has 5 nitrogen and oxygen atoms in total. The van der Waals surface area contributed by atoms with E-state index in [4.69, 9.17) is 9.26 Å². The highest BCUT2D eigenvalue weighted by Gasteiger charge is 2.29. The quantitative estimate of drug-likeness (QED) is 0.591. The number of hydrogen-bond donors (Lipinski definition) is 0. The van der Waals surface area contributed by atoms with Gasteiger partial charge >= 0.3 is 5.97 Å². The van der Waals surface area contributed by atoms with Crippen LogP contribution in [0.3, 0.4) is 0 Å². The molecule has 0 N–H and O–H groups in total. The minimum atomic E-state index is -0.539. The lowest BCUT2D eigenvalue weighted by Gasteiger charge is -2.08. The molecule has 1 fully saturated rings. The van der Waals surface area contributed by atoms with Crippen LogP contribution in [-0.2, 0) is 11.3 Å². The second kappa shape index (κ2) is 6.22. The first kappa shape index (κ1) is 16.2. The minimum Gasteiger partial charge on any atom is -0.457 e. The molecule has 0 radical (unpaired) electrons. The number of esters is 1. The van der Waals surface area contributed by atoms with Gasteiger partial charge in [-0.25, -0.2) is 14.2 Å². The van der Waals surface area contributed by atoms with Crippen LogP contribution in [0.25, 0.3) is 11.1 Å². The maximum atomic E-state index is 13.9. The minimum absolute atomic E-state index is 0.148. The Morgan fingerprint density at radius 1 is 1.40 bits per heavy atom. The van der Waals surface area contributed by atoms with Crippen LogP contribution < -0.4 is 0 Å². The number of hydrogen-bond acceptors (Lipinski definition) is 5. The summed E-state index contributed by atoms with van der Waals surface area (Å²) < 4.78 is 25.1. The maximum absolute atomic E-state index is 13.9. The van der Waals surface area contributed by atoms with Crippen molar-refractivity contribution in [2.24, 2.45) is 0 Å². The zero-order chi connectivity index (χ0) is 17.6. The molecule has 1 aliphatic rings. The van der Waals surface area contributed by atoms with Crippen LogP contribution in [0.5, 0.6) is 0 Å². The summed E-state index contributed by atoms with van der Waals surface area (Å²) in [6.45, 7) is 1.60. The molecule has 25 heavy (non-hydrogen) atoms. The fourth-order valence-corrected chi connectivity index (χ4v) is 3.06. The van der Waals surface area contributed by atoms with E-state index in [1.54, 1.807) is 25.1 Å². The molecule has 2 aromatic heterocycles. The number of pyridine rings is 1. The van der Waals surface area contributed by atoms with Crippen LogP contribution in [0.2, 0.25) is 0 Å². The lowest BCUT2D eigenvalue weighted by molar-refractivity contribution is 0.0471. The number of rotatable bonds is 4. The van der Waals surface area contributed by atoms with E-state index in [-0.39, 0.29) is 6.61 Å². The molecular formula is C18H14BrFN2O3. The third kappa shape index (κ3) is 3.16. The van der Waals surface area contributed by atoms with E-state index in [1.807, 2.05) is 0 Å². The molecule has 2 heterocycles. The number of nitrogens with zero attached hydrogens (tertiary/aromatic N) is 2. The average molecular weight is 405 g/mol. The van der Waals surface area contributed by atoms with Gasteiger partial charge in [0, 0.05) is 21.6 Å². The molecular weight excluding hydrogens is 391 g/mol. The summed E-state index contributed by atoms with van der Waals surface area (Å²) in [7, 11) is 0. The van der Waals surface area contributed by atoms with Gasteiger partial charge in [-0.05, 0) is 38.0 Å². The monoisotopic (exact) mass is 404 g/mol. The number of aromatic nitrogens is 2. The summed E-state index contributed by atoms with van der Waals surface area (Å²) in [5.41, 5.74) is 2.40. The fourth-order valence-electron chi connectivity index (χ4n) is 2.72. The Morgan fingerprint density at radius 3 is 2.92 bits per heavy atom. The zero-order valence-corrected chi connectivity index (χ0v) is 15.0. The first-order valence-corrected chi connectivity index (χ1v) is 8.70. The summed E-state index contributed by atoms with van der Waals surface area (Å²) in [6, 6.07) is 6.36. The highest BCUT2D eigenvalue weighted by atomic mass is 79.9. The van der Waals surface area contributed by atoms with E-state index in [1.165, 1.54) is 6.07 Å². The maximum Gasteiger partial charge on any atom is 0.339 e. The third-order valence-electron chi connectivity index (χ3n) is 4.23. The van der Waals surface area contributed by atoms with Crippen molar-refractivity contribution in [2.45, 2.75) is 32.3 Å². The molecule has 0 atom stereocenters. The second-order valence-electron chi connectivity index (χ2n) is 6.13. The lowest BCUT2D eigenvalue weighted by Crippen LogP contribution is -2.08. The summed E-state index contributed by atoms with van der Waals surface area (Å²) in [5.74, 6) is -0.616. The van der Waals surface area contributed by atoms with Crippen molar-refractivity contribution in [3.63, 3.8) is 0 Å². The number of halogens is 2. The van der Waals surface area contributed by atoms with E-state index in [2.05, 4.69) is 26.1 Å². The number of benzene rings is 1. The smallest absolute Gasteiger partial charge is 0.339 e. The van der Waals surface area contributed by atoms with Crippen molar-refractivity contribution in [3.8, 4) is 0 Å². The summed E-state index contributed by atoms with van der Waals surface area (Å²) in [5, 5.41) is 4.44. The van der Waals surface area contributed by atoms with E-state index in [9.17, 15) is 9.18 Å². The molecule has 4 rings (SSSR count). The molecule has 0 bridgehead atoms. The highest BCUT2D eigenvalue weighted by Crippen LogP contribution is 2.40. The topological polar surface area (TPSA) is 65.2 Å². The second-order valence-corrected chi connectivity index (χ2v) is 7.04. The molecule has 128 valence electrons. The molecule has 1 aliphatic carbocycles. The van der Waals surface area contributed by atoms with E-state index >= 15 is 0 Å². The number of ether oxygens (including phenoxy) is 1. The first-order valence-electron chi connectivity index (χ1n) is 7.91. The predicted molar refractivity (Wildman–Crippen MR) is 91.7 cm³/mol. The van der Waals surface area contributed by atoms with Gasteiger partial charge in [0.1, 0.15) is 12.4 Å². The van der Waals surface area contributed by atoms with E-state index in [0.717, 1.165) is 18.5 Å². The van der Waals surface area contributed by atoms with Crippen LogP contribution >= 0.6 is 15.9 Å². The first-order chi connectivity index (χ1) is 12.0. The van der Waals surface area contributed by atoms with Gasteiger partial charge in [0.15, 0.2) is 0 Å². The summed E-state index contributed by atoms with van der Waals surface area (Å²) in [4.78, 5) is 17.0. The Kier molecular flexibility index (Phi) is 4.03. The van der Waals surface area contributed by atoms with Gasteiger partial charge in [0.2, 0.25) is 0 Å². The molecule has 0 saturated heterocycles. The molecule has 3 aromatic rings. The Labute approximate surface area is 151 Å². The van der Waals surface area contributed by atoms with Gasteiger partial charge in [-0.1, -0.05) is 27.2 Å². The molecule has 1 saturated carbocycles. The Bertz CT molecular complexity index is 982. The normalized spacial score (nSPS) is 14.0. The Balaban J connectivity index is 1.63. The van der Waals surface area contributed by atoms with Gasteiger partial charge in [-0.2, -0.15) is 0 Å². The van der Waals surface area contributed by atoms with Crippen LogP contribution in [0, 0.1) is 12.7 Å². The predicted octanol–water partition coefficient (Wildman–Crippen LogP) is 4.67. The van der Waals surface area contributed by atoms with Crippen LogP contribution in [0.1, 0.15) is 46.1 Å². The van der Waals surface area contributed by atoms with Gasteiger partial charge in [0.05, 0.1) is 16.6 Å². The van der Waals surface area contributed by atoms with Gasteiger partial charge in [0.25, 0.3) is 5.71 Å². The standard InChI is InChI=1S/C18H14BrFN2O3/c1-9-16-13(7-15(10-2-3-10)21-17(16)25-22-9)18(23)24-8-11-4-5-12(19)6-14(11)20/h4-7,10H,2-3,8H2,1H3. The lowest BCUT2D eigenvalue weighted by atomic mass is 10.1. The molecule has 0 amide bonds. The fraction of sp³-hybridized carbons (Fsp3) is 0.278. The van der Waals surface area contributed by atoms with E-state index in [0.29, 0.717) is 38.3 Å². The number of carbonyl (C=O) groups is 1. The molecule has 0 spiro atoms. The molecule has 0 unspecified atom stereocenters. The summed E-state index contributed by atoms with van der Waals surface area (Å²) >= 11 is 3.20. The molecule has 1 aromatic carbocycles. The van der Waals surface area contributed by atoms with Crippen LogP contribution in [0.4, 0.5) is 4.39 Å². The zero-order valence-electron chi connectivity index (χ0n) is 13.4. The SMILES string of the molecule is Cc1noc2nc(C3CC3)cc(C(=O)OCc3ccc(Br)cc3F)c12. The van der Waals surface area contributed by atoms with Crippen molar-refractivity contribution in [2.75, 3.05) is 0 Å². The average Bonchev–Trinajstić information content (AvgIpc) is 3.37. The van der Waals surface area contributed by atoms with Crippen LogP contribution in [0.15, 0.2) is 33.3 Å². The Hall–Kier alpha value is -2.28. The summed E-state index contributed by atoms with van der Waals surface area (Å²) in [6.07, 6.45) is 2.09. The van der Waals surface area contributed by atoms with Crippen molar-refractivity contribution < 1.29 is 18.4 Å². The Morgan fingerprint density at radius 2 is 2.20 bits per heavy atom. The molecule has 7 heteroatoms. The van der Waals surface area contributed by atoms with E-state index < -0.39 is 11.8 Å². The number of fused-ring (bicyclic) bond motifs is 1. The van der Waals surface area contributed by atoms with Crippen molar-refractivity contribution in [3.05, 3.63) is 57.1 Å². The number of aryl methyl sites for hydroxylation is 1. The largest absolute Gasteiger partial charge is 0.457 e. The van der Waals surface area contributed by atoms with Gasteiger partial charge < -0.3 is 9.26 Å². The van der Waals surface area contributed by atoms with Gasteiger partial charge in [-0.3, -0.25) is 0 Å². The molecule has 0 aliphatic heterocycles. The highest BCUT2D eigenvalue weighted by molar-refractivity contribution is 9.10. The number of carbonyl (C=O) groups excluding carboxylic acids is 1. The van der Waals surface area contributed by atoms with Gasteiger partial charge in [-0.15, -0.1) is 0 Å². The van der Waals surface area contributed by atoms with Crippen molar-refractivity contribution in [1.29, 1.82) is 0 Å². The van der Waals surface area contributed by atoms with Crippen molar-refractivity contribution in [1.82, 2.24) is 10.1 Å². The van der Waals surface area contributed by atoms with Crippen molar-refractivity contribution >= 4 is 33.0 Å². The third-order valence-corrected chi connectivity index (χ3v) is 4.72. The van der Waals surface area contributed by atoms with Crippen LogP contribution in [-0.4, -0.2) is 16.1 Å².